The number of alkyl carbamates (subject to hydrolysis) is 1. The number of piperidine rings is 1. The van der Waals surface area contributed by atoms with Crippen molar-refractivity contribution < 1.29 is 37.1 Å². The third-order valence-corrected chi connectivity index (χ3v) is 9.14. The van der Waals surface area contributed by atoms with Crippen molar-refractivity contribution in [1.29, 1.82) is 0 Å². The molecule has 12 nitrogen and oxygen atoms in total. The highest BCUT2D eigenvalue weighted by Gasteiger charge is 2.36. The van der Waals surface area contributed by atoms with Gasteiger partial charge in [-0.2, -0.15) is 13.2 Å². The average Bonchev–Trinajstić information content (AvgIpc) is 3.70. The summed E-state index contributed by atoms with van der Waals surface area (Å²) in [7, 11) is 0. The van der Waals surface area contributed by atoms with E-state index < -0.39 is 52.9 Å². The molecule has 4 amide bonds. The highest BCUT2D eigenvalue weighted by Crippen LogP contribution is 2.32. The van der Waals surface area contributed by atoms with E-state index in [1.54, 1.807) is 31.9 Å². The Kier molecular flexibility index (Phi) is 11.2. The number of benzene rings is 2. The molecular formula is C38H46F3N7O5. The van der Waals surface area contributed by atoms with Crippen molar-refractivity contribution in [1.82, 2.24) is 30.1 Å². The summed E-state index contributed by atoms with van der Waals surface area (Å²) >= 11 is 0. The Morgan fingerprint density at radius 2 is 1.64 bits per heavy atom. The lowest BCUT2D eigenvalue weighted by molar-refractivity contribution is -0.137. The summed E-state index contributed by atoms with van der Waals surface area (Å²) in [4.78, 5) is 63.2. The van der Waals surface area contributed by atoms with Crippen molar-refractivity contribution in [2.45, 2.75) is 90.2 Å². The Bertz CT molecular complexity index is 1940. The molecule has 0 aliphatic carbocycles. The monoisotopic (exact) mass is 737 g/mol. The number of hydrogen-bond donors (Lipinski definition) is 4. The zero-order valence-electron chi connectivity index (χ0n) is 30.6. The number of likely N-dealkylation sites (tertiary alicyclic amines) is 1. The number of aromatic nitrogens is 3. The zero-order chi connectivity index (χ0) is 38.7. The quantitative estimate of drug-likeness (QED) is 0.152. The number of aromatic amines is 1. The minimum absolute atomic E-state index is 0.0521. The van der Waals surface area contributed by atoms with Crippen molar-refractivity contribution >= 4 is 40.5 Å². The minimum atomic E-state index is -4.55. The van der Waals surface area contributed by atoms with Crippen LogP contribution < -0.4 is 16.0 Å². The number of hydrogen-bond acceptors (Lipinski definition) is 6. The van der Waals surface area contributed by atoms with Gasteiger partial charge in [0, 0.05) is 42.8 Å². The number of imidazole rings is 1. The van der Waals surface area contributed by atoms with E-state index in [-0.39, 0.29) is 18.1 Å². The second kappa shape index (κ2) is 15.3. The summed E-state index contributed by atoms with van der Waals surface area (Å²) in [6, 6.07) is 9.69. The van der Waals surface area contributed by atoms with Crippen molar-refractivity contribution in [3.05, 3.63) is 83.9 Å². The number of nitrogens with zero attached hydrogens (tertiary/aromatic N) is 3. The van der Waals surface area contributed by atoms with Gasteiger partial charge in [0.1, 0.15) is 23.2 Å². The number of nitrogens with one attached hydrogen (secondary N) is 4. The van der Waals surface area contributed by atoms with Crippen LogP contribution in [-0.4, -0.2) is 73.5 Å². The van der Waals surface area contributed by atoms with Crippen LogP contribution in [0.3, 0.4) is 0 Å². The van der Waals surface area contributed by atoms with Crippen LogP contribution in [0, 0.1) is 5.92 Å². The van der Waals surface area contributed by atoms with Gasteiger partial charge < -0.3 is 35.1 Å². The third kappa shape index (κ3) is 9.76. The van der Waals surface area contributed by atoms with Crippen LogP contribution in [0.2, 0.25) is 0 Å². The number of anilines is 1. The van der Waals surface area contributed by atoms with E-state index in [1.807, 2.05) is 24.3 Å². The SMILES string of the molecule is CC1CCN(C(=O)C(c2ccc(C(F)(F)F)cc2)n2cnc(NC(=O)C(Cc3c[nH]c4ccccc34)NC(=O)C(C)(C)NC(=O)OC(C)(C)C)c2)CC1. The smallest absolute Gasteiger partial charge is 0.416 e. The van der Waals surface area contributed by atoms with Crippen LogP contribution in [0.4, 0.5) is 23.8 Å². The van der Waals surface area contributed by atoms with Gasteiger partial charge in [0.15, 0.2) is 5.82 Å². The highest BCUT2D eigenvalue weighted by atomic mass is 19.4. The molecule has 0 bridgehead atoms. The number of ether oxygens (including phenoxy) is 1. The van der Waals surface area contributed by atoms with Crippen LogP contribution in [-0.2, 0) is 31.7 Å². The van der Waals surface area contributed by atoms with Crippen LogP contribution in [0.15, 0.2) is 67.3 Å². The molecule has 2 unspecified atom stereocenters. The lowest BCUT2D eigenvalue weighted by atomic mass is 9.97. The van der Waals surface area contributed by atoms with Crippen molar-refractivity contribution in [3.63, 3.8) is 0 Å². The van der Waals surface area contributed by atoms with Gasteiger partial charge in [-0.3, -0.25) is 14.4 Å². The van der Waals surface area contributed by atoms with Crippen molar-refractivity contribution in [2.75, 3.05) is 18.4 Å². The molecule has 5 rings (SSSR count). The summed E-state index contributed by atoms with van der Waals surface area (Å²) in [6.45, 7) is 11.2. The molecule has 1 aliphatic rings. The maximum absolute atomic E-state index is 14.0. The van der Waals surface area contributed by atoms with Gasteiger partial charge in [-0.05, 0) is 82.7 Å². The molecule has 4 N–H and O–H groups in total. The van der Waals surface area contributed by atoms with Crippen molar-refractivity contribution in [3.8, 4) is 0 Å². The Labute approximate surface area is 305 Å². The maximum atomic E-state index is 14.0. The van der Waals surface area contributed by atoms with Gasteiger partial charge in [0.2, 0.25) is 17.7 Å². The van der Waals surface area contributed by atoms with E-state index in [1.165, 1.54) is 43.1 Å². The highest BCUT2D eigenvalue weighted by molar-refractivity contribution is 5.99. The summed E-state index contributed by atoms with van der Waals surface area (Å²) in [5.41, 5.74) is -1.23. The molecule has 1 aliphatic heterocycles. The molecule has 0 saturated carbocycles. The first-order chi connectivity index (χ1) is 24.8. The fraction of sp³-hybridized carbons (Fsp3) is 0.447. The molecule has 1 saturated heterocycles. The molecule has 53 heavy (non-hydrogen) atoms. The molecule has 4 aromatic rings. The molecule has 2 aromatic heterocycles. The number of H-pyrrole nitrogens is 1. The number of halogens is 3. The Morgan fingerprint density at radius 1 is 0.981 bits per heavy atom. The summed E-state index contributed by atoms with van der Waals surface area (Å²) < 4.78 is 47.0. The Morgan fingerprint density at radius 3 is 2.28 bits per heavy atom. The van der Waals surface area contributed by atoms with E-state index in [0.717, 1.165) is 41.4 Å². The van der Waals surface area contributed by atoms with Crippen LogP contribution in [0.1, 0.15) is 77.1 Å². The maximum Gasteiger partial charge on any atom is 0.416 e. The van der Waals surface area contributed by atoms with Crippen LogP contribution in [0.5, 0.6) is 0 Å². The zero-order valence-corrected chi connectivity index (χ0v) is 30.6. The third-order valence-electron chi connectivity index (χ3n) is 9.14. The number of fused-ring (bicyclic) bond motifs is 1. The number of para-hydroxylation sites is 1. The second-order valence-corrected chi connectivity index (χ2v) is 15.1. The summed E-state index contributed by atoms with van der Waals surface area (Å²) in [5, 5.41) is 8.89. The van der Waals surface area contributed by atoms with E-state index in [0.29, 0.717) is 24.6 Å². The van der Waals surface area contributed by atoms with Gasteiger partial charge in [0.05, 0.1) is 11.9 Å². The first-order valence-electron chi connectivity index (χ1n) is 17.5. The summed E-state index contributed by atoms with van der Waals surface area (Å²) in [6.07, 6.45) is 0.814. The fourth-order valence-electron chi connectivity index (χ4n) is 6.14. The number of alkyl halides is 3. The number of carbonyl (C=O) groups is 4. The Balaban J connectivity index is 1.41. The average molecular weight is 738 g/mol. The molecule has 0 radical (unpaired) electrons. The predicted molar refractivity (Wildman–Crippen MR) is 193 cm³/mol. The number of rotatable bonds is 10. The van der Waals surface area contributed by atoms with Gasteiger partial charge in [-0.15, -0.1) is 0 Å². The normalized spacial score (nSPS) is 15.5. The first-order valence-corrected chi connectivity index (χ1v) is 17.5. The Hall–Kier alpha value is -5.34. The lowest BCUT2D eigenvalue weighted by Crippen LogP contribution is -2.59. The molecule has 2 aromatic carbocycles. The van der Waals surface area contributed by atoms with E-state index in [9.17, 15) is 32.3 Å². The van der Waals surface area contributed by atoms with Gasteiger partial charge in [-0.1, -0.05) is 37.3 Å². The fourth-order valence-corrected chi connectivity index (χ4v) is 6.14. The van der Waals surface area contributed by atoms with Gasteiger partial charge in [-0.25, -0.2) is 9.78 Å². The molecule has 1 fully saturated rings. The van der Waals surface area contributed by atoms with E-state index in [4.69, 9.17) is 4.74 Å². The molecule has 0 spiro atoms. The molecule has 3 heterocycles. The number of carbonyl (C=O) groups excluding carboxylic acids is 4. The molecule has 284 valence electrons. The largest absolute Gasteiger partial charge is 0.444 e. The predicted octanol–water partition coefficient (Wildman–Crippen LogP) is 6.20. The van der Waals surface area contributed by atoms with Crippen LogP contribution in [0.25, 0.3) is 10.9 Å². The topological polar surface area (TPSA) is 150 Å². The van der Waals surface area contributed by atoms with Gasteiger partial charge in [0.25, 0.3) is 0 Å². The van der Waals surface area contributed by atoms with Crippen LogP contribution >= 0.6 is 0 Å². The molecular weight excluding hydrogens is 691 g/mol. The van der Waals surface area contributed by atoms with Crippen molar-refractivity contribution in [2.24, 2.45) is 5.92 Å². The molecule has 15 heteroatoms. The summed E-state index contributed by atoms with van der Waals surface area (Å²) in [5.74, 6) is -1.11. The second-order valence-electron chi connectivity index (χ2n) is 15.1. The first kappa shape index (κ1) is 38.9. The van der Waals surface area contributed by atoms with E-state index in [2.05, 4.69) is 32.8 Å². The standard InChI is InChI=1S/C38H46F3N7O5/c1-23-15-17-47(18-16-23)33(50)31(24-11-13-26(14-12-24)38(39,40)41)48-21-30(43-22-48)45-32(49)29(19-25-20-42-28-10-8-7-9-27(25)28)44-34(51)37(5,6)46-35(52)53-36(2,3)4/h7-14,20-23,29,31,42H,15-19H2,1-6H3,(H,44,51)(H,45,49)(H,46,52). The van der Waals surface area contributed by atoms with Gasteiger partial charge >= 0.3 is 12.3 Å². The lowest BCUT2D eigenvalue weighted by Gasteiger charge is -2.33. The molecule has 2 atom stereocenters. The van der Waals surface area contributed by atoms with E-state index >= 15 is 0 Å². The number of amides is 4. The minimum Gasteiger partial charge on any atom is -0.444 e.